The van der Waals surface area contributed by atoms with Gasteiger partial charge in [0.2, 0.25) is 5.91 Å². The lowest BCUT2D eigenvalue weighted by molar-refractivity contribution is -0.111. The lowest BCUT2D eigenvalue weighted by atomic mass is 10.1. The van der Waals surface area contributed by atoms with Gasteiger partial charge in [0.05, 0.1) is 11.3 Å². The quantitative estimate of drug-likeness (QED) is 0.739. The fraction of sp³-hybridized carbons (Fsp3) is 0.0909. The Morgan fingerprint density at radius 1 is 1.47 bits per heavy atom. The summed E-state index contributed by atoms with van der Waals surface area (Å²) < 4.78 is 0. The molecule has 0 fully saturated rings. The summed E-state index contributed by atoms with van der Waals surface area (Å²) in [4.78, 5) is 21.9. The van der Waals surface area contributed by atoms with Crippen molar-refractivity contribution in [3.63, 3.8) is 0 Å². The molecular weight excluding hydrogens is 194 g/mol. The average molecular weight is 205 g/mol. The van der Waals surface area contributed by atoms with Gasteiger partial charge in [0.1, 0.15) is 0 Å². The molecule has 0 spiro atoms. The Bertz CT molecular complexity index is 424. The zero-order valence-electron chi connectivity index (χ0n) is 8.28. The Balaban J connectivity index is 3.12. The molecule has 78 valence electrons. The van der Waals surface area contributed by atoms with Gasteiger partial charge in [0.25, 0.3) is 0 Å². The van der Waals surface area contributed by atoms with E-state index in [1.165, 1.54) is 6.07 Å². The normalized spacial score (nSPS) is 9.40. The van der Waals surface area contributed by atoms with Crippen LogP contribution in [-0.4, -0.2) is 17.0 Å². The van der Waals surface area contributed by atoms with E-state index in [4.69, 9.17) is 5.11 Å². The largest absolute Gasteiger partial charge is 0.478 e. The Hall–Kier alpha value is -2.10. The zero-order valence-corrected chi connectivity index (χ0v) is 8.28. The van der Waals surface area contributed by atoms with Crippen LogP contribution in [0.25, 0.3) is 0 Å². The number of nitrogens with one attached hydrogen (secondary N) is 1. The summed E-state index contributed by atoms with van der Waals surface area (Å²) >= 11 is 0. The van der Waals surface area contributed by atoms with Crippen LogP contribution in [0.5, 0.6) is 0 Å². The minimum atomic E-state index is -1.07. The third-order valence-corrected chi connectivity index (χ3v) is 1.85. The number of aryl methyl sites for hydroxylation is 1. The maximum atomic E-state index is 11.0. The Labute approximate surface area is 87.2 Å². The van der Waals surface area contributed by atoms with Crippen molar-refractivity contribution < 1.29 is 14.7 Å². The van der Waals surface area contributed by atoms with E-state index in [9.17, 15) is 9.59 Å². The van der Waals surface area contributed by atoms with Crippen LogP contribution < -0.4 is 5.32 Å². The molecule has 0 heterocycles. The highest BCUT2D eigenvalue weighted by molar-refractivity contribution is 6.04. The number of rotatable bonds is 3. The van der Waals surface area contributed by atoms with Crippen molar-refractivity contribution >= 4 is 17.6 Å². The predicted octanol–water partition coefficient (Wildman–Crippen LogP) is 1.82. The minimum absolute atomic E-state index is 0.0656. The second-order valence-electron chi connectivity index (χ2n) is 3.05. The van der Waals surface area contributed by atoms with Crippen LogP contribution in [0, 0.1) is 6.92 Å². The number of carboxylic acid groups (broad SMARTS) is 1. The second kappa shape index (κ2) is 4.41. The van der Waals surface area contributed by atoms with Crippen LogP contribution in [-0.2, 0) is 4.79 Å². The number of benzene rings is 1. The van der Waals surface area contributed by atoms with Gasteiger partial charge in [-0.3, -0.25) is 4.79 Å². The summed E-state index contributed by atoms with van der Waals surface area (Å²) in [7, 11) is 0. The maximum absolute atomic E-state index is 11.0. The summed E-state index contributed by atoms with van der Waals surface area (Å²) in [5.74, 6) is -1.50. The first-order valence-corrected chi connectivity index (χ1v) is 4.32. The van der Waals surface area contributed by atoms with E-state index in [2.05, 4.69) is 11.9 Å². The number of carbonyl (C=O) groups is 2. The van der Waals surface area contributed by atoms with Gasteiger partial charge in [-0.05, 0) is 30.7 Å². The number of carbonyl (C=O) groups excluding carboxylic acids is 1. The van der Waals surface area contributed by atoms with Gasteiger partial charge < -0.3 is 10.4 Å². The molecule has 0 radical (unpaired) electrons. The van der Waals surface area contributed by atoms with Crippen molar-refractivity contribution in [2.75, 3.05) is 5.32 Å². The third-order valence-electron chi connectivity index (χ3n) is 1.85. The molecule has 0 aromatic heterocycles. The zero-order chi connectivity index (χ0) is 11.4. The standard InChI is InChI=1S/C11H11NO3/c1-3-10(13)12-9-6-7(2)4-5-8(9)11(14)15/h3-6H,1H2,2H3,(H,12,13)(H,14,15). The molecule has 4 nitrogen and oxygen atoms in total. The molecule has 0 aliphatic heterocycles. The van der Waals surface area contributed by atoms with Crippen LogP contribution in [0.2, 0.25) is 0 Å². The van der Waals surface area contributed by atoms with Crippen molar-refractivity contribution in [2.24, 2.45) is 0 Å². The summed E-state index contributed by atoms with van der Waals surface area (Å²) in [6.07, 6.45) is 1.09. The lowest BCUT2D eigenvalue weighted by Crippen LogP contribution is -2.11. The molecule has 4 heteroatoms. The van der Waals surface area contributed by atoms with Crippen LogP contribution in [0.3, 0.4) is 0 Å². The predicted molar refractivity (Wildman–Crippen MR) is 57.0 cm³/mol. The molecule has 1 rings (SSSR count). The van der Waals surface area contributed by atoms with Gasteiger partial charge in [-0.2, -0.15) is 0 Å². The summed E-state index contributed by atoms with van der Waals surface area (Å²) in [5.41, 5.74) is 1.22. The second-order valence-corrected chi connectivity index (χ2v) is 3.05. The number of anilines is 1. The molecule has 0 atom stereocenters. The molecule has 0 aliphatic carbocycles. The molecule has 1 aromatic rings. The van der Waals surface area contributed by atoms with Gasteiger partial charge in [-0.25, -0.2) is 4.79 Å². The monoisotopic (exact) mass is 205 g/mol. The number of hydrogen-bond acceptors (Lipinski definition) is 2. The highest BCUT2D eigenvalue weighted by atomic mass is 16.4. The summed E-state index contributed by atoms with van der Waals surface area (Å²) in [6.45, 7) is 5.11. The van der Waals surface area contributed by atoms with E-state index in [-0.39, 0.29) is 11.3 Å². The molecule has 1 aromatic carbocycles. The molecular formula is C11H11NO3. The van der Waals surface area contributed by atoms with E-state index in [1.807, 2.05) is 6.92 Å². The highest BCUT2D eigenvalue weighted by Gasteiger charge is 2.10. The first-order chi connectivity index (χ1) is 7.04. The van der Waals surface area contributed by atoms with Crippen LogP contribution in [0.1, 0.15) is 15.9 Å². The van der Waals surface area contributed by atoms with E-state index in [0.717, 1.165) is 11.6 Å². The Kier molecular flexibility index (Phi) is 3.23. The molecule has 0 unspecified atom stereocenters. The molecule has 0 saturated heterocycles. The van der Waals surface area contributed by atoms with Crippen LogP contribution in [0.15, 0.2) is 30.9 Å². The number of hydrogen-bond donors (Lipinski definition) is 2. The molecule has 0 bridgehead atoms. The molecule has 0 aliphatic rings. The van der Waals surface area contributed by atoms with E-state index < -0.39 is 11.9 Å². The third kappa shape index (κ3) is 2.67. The van der Waals surface area contributed by atoms with Crippen LogP contribution >= 0.6 is 0 Å². The fourth-order valence-electron chi connectivity index (χ4n) is 1.13. The number of carboxylic acids is 1. The first kappa shape index (κ1) is 11.0. The minimum Gasteiger partial charge on any atom is -0.478 e. The van der Waals surface area contributed by atoms with Gasteiger partial charge >= 0.3 is 5.97 Å². The van der Waals surface area contributed by atoms with Gasteiger partial charge in [-0.15, -0.1) is 0 Å². The van der Waals surface area contributed by atoms with Crippen molar-refractivity contribution in [3.05, 3.63) is 42.0 Å². The van der Waals surface area contributed by atoms with Crippen molar-refractivity contribution in [1.82, 2.24) is 0 Å². The molecule has 15 heavy (non-hydrogen) atoms. The molecule has 1 amide bonds. The lowest BCUT2D eigenvalue weighted by Gasteiger charge is -2.07. The smallest absolute Gasteiger partial charge is 0.337 e. The first-order valence-electron chi connectivity index (χ1n) is 4.32. The summed E-state index contributed by atoms with van der Waals surface area (Å²) in [5, 5.41) is 11.3. The van der Waals surface area contributed by atoms with E-state index in [1.54, 1.807) is 12.1 Å². The summed E-state index contributed by atoms with van der Waals surface area (Å²) in [6, 6.07) is 4.73. The topological polar surface area (TPSA) is 66.4 Å². The average Bonchev–Trinajstić information content (AvgIpc) is 2.17. The number of amides is 1. The van der Waals surface area contributed by atoms with E-state index in [0.29, 0.717) is 0 Å². The van der Waals surface area contributed by atoms with Gasteiger partial charge in [0.15, 0.2) is 0 Å². The van der Waals surface area contributed by atoms with Gasteiger partial charge in [0, 0.05) is 0 Å². The van der Waals surface area contributed by atoms with Gasteiger partial charge in [-0.1, -0.05) is 12.6 Å². The number of aromatic carboxylic acids is 1. The molecule has 0 saturated carbocycles. The maximum Gasteiger partial charge on any atom is 0.337 e. The van der Waals surface area contributed by atoms with Crippen molar-refractivity contribution in [2.45, 2.75) is 6.92 Å². The Morgan fingerprint density at radius 3 is 2.67 bits per heavy atom. The highest BCUT2D eigenvalue weighted by Crippen LogP contribution is 2.17. The van der Waals surface area contributed by atoms with E-state index >= 15 is 0 Å². The SMILES string of the molecule is C=CC(=O)Nc1cc(C)ccc1C(=O)O. The van der Waals surface area contributed by atoms with Crippen LogP contribution in [0.4, 0.5) is 5.69 Å². The fourth-order valence-corrected chi connectivity index (χ4v) is 1.13. The Morgan fingerprint density at radius 2 is 2.13 bits per heavy atom. The van der Waals surface area contributed by atoms with Crippen molar-refractivity contribution in [1.29, 1.82) is 0 Å². The molecule has 2 N–H and O–H groups in total. The van der Waals surface area contributed by atoms with Crippen molar-refractivity contribution in [3.8, 4) is 0 Å².